The first-order valence-corrected chi connectivity index (χ1v) is 8.62. The summed E-state index contributed by atoms with van der Waals surface area (Å²) in [5.41, 5.74) is 1.24. The molecule has 10 nitrogen and oxygen atoms in total. The lowest BCUT2D eigenvalue weighted by Crippen LogP contribution is -2.44. The lowest BCUT2D eigenvalue weighted by atomic mass is 9.92. The Morgan fingerprint density at radius 1 is 1.07 bits per heavy atom. The average Bonchev–Trinajstić information content (AvgIpc) is 2.72. The Hall–Kier alpha value is -3.79. The molecule has 29 heavy (non-hydrogen) atoms. The number of non-ortho nitro benzene ring substituents is 1. The van der Waals surface area contributed by atoms with Gasteiger partial charge in [-0.05, 0) is 12.5 Å². The summed E-state index contributed by atoms with van der Waals surface area (Å²) >= 11 is 0. The van der Waals surface area contributed by atoms with Crippen LogP contribution < -0.4 is 10.6 Å². The molecule has 0 saturated heterocycles. The van der Waals surface area contributed by atoms with Crippen LogP contribution in [0.3, 0.4) is 0 Å². The maximum Gasteiger partial charge on any atom is 0.337 e. The minimum absolute atomic E-state index is 0.0891. The van der Waals surface area contributed by atoms with Crippen molar-refractivity contribution in [3.8, 4) is 0 Å². The van der Waals surface area contributed by atoms with E-state index < -0.39 is 28.0 Å². The number of para-hydroxylation sites is 1. The van der Waals surface area contributed by atoms with Gasteiger partial charge in [0.05, 0.1) is 34.1 Å². The molecule has 2 aromatic carbocycles. The maximum atomic E-state index is 12.4. The van der Waals surface area contributed by atoms with Crippen molar-refractivity contribution < 1.29 is 19.4 Å². The first-order valence-electron chi connectivity index (χ1n) is 8.62. The van der Waals surface area contributed by atoms with Gasteiger partial charge in [-0.2, -0.15) is 0 Å². The molecular formula is C19H18N4O6. The maximum absolute atomic E-state index is 12.4. The quantitative estimate of drug-likeness (QED) is 0.446. The summed E-state index contributed by atoms with van der Waals surface area (Å²) < 4.78 is 4.87. The van der Waals surface area contributed by atoms with E-state index in [2.05, 4.69) is 10.6 Å². The van der Waals surface area contributed by atoms with Crippen LogP contribution >= 0.6 is 0 Å². The van der Waals surface area contributed by atoms with Gasteiger partial charge in [0, 0.05) is 23.9 Å². The van der Waals surface area contributed by atoms with E-state index in [1.54, 1.807) is 31.2 Å². The predicted molar refractivity (Wildman–Crippen MR) is 103 cm³/mol. The Balaban J connectivity index is 2.11. The molecule has 0 aliphatic carbocycles. The number of allylic oxidation sites excluding steroid dienone is 1. The molecule has 2 atom stereocenters. The number of nitrogens with one attached hydrogen (secondary N) is 2. The number of nitrogens with zero attached hydrogens (tertiary/aromatic N) is 2. The Morgan fingerprint density at radius 3 is 2.45 bits per heavy atom. The van der Waals surface area contributed by atoms with Gasteiger partial charge >= 0.3 is 5.97 Å². The van der Waals surface area contributed by atoms with Gasteiger partial charge in [-0.1, -0.05) is 30.3 Å². The van der Waals surface area contributed by atoms with E-state index in [1.165, 1.54) is 31.4 Å². The molecule has 2 aromatic rings. The van der Waals surface area contributed by atoms with E-state index in [9.17, 15) is 25.0 Å². The number of hydrogen-bond acceptors (Lipinski definition) is 8. The molecular weight excluding hydrogens is 380 g/mol. The molecule has 0 saturated carbocycles. The minimum atomic E-state index is -0.852. The standard InChI is InChI=1S/C19H18N4O6/c1-11-16(19(24)29-2)17(14-8-3-4-9-15(14)23(27)28)21-18(20-11)12-6-5-7-13(10-12)22(25)26/h3-10,17-18,20-21H,1-2H3/t17-,18-/m0/s1. The van der Waals surface area contributed by atoms with Crippen LogP contribution in [0.15, 0.2) is 59.8 Å². The van der Waals surface area contributed by atoms with Crippen molar-refractivity contribution in [3.05, 3.63) is 91.2 Å². The van der Waals surface area contributed by atoms with Crippen LogP contribution in [0.25, 0.3) is 0 Å². The number of esters is 1. The van der Waals surface area contributed by atoms with E-state index in [0.29, 0.717) is 11.3 Å². The number of rotatable bonds is 5. The third-order valence-electron chi connectivity index (χ3n) is 4.65. The average molecular weight is 398 g/mol. The number of carbonyl (C=O) groups excluding carboxylic acids is 1. The fraction of sp³-hybridized carbons (Fsp3) is 0.211. The topological polar surface area (TPSA) is 137 Å². The van der Waals surface area contributed by atoms with Crippen molar-refractivity contribution in [2.75, 3.05) is 7.11 Å². The fourth-order valence-electron chi connectivity index (χ4n) is 3.32. The summed E-state index contributed by atoms with van der Waals surface area (Å²) in [6, 6.07) is 11.2. The van der Waals surface area contributed by atoms with Crippen molar-refractivity contribution in [2.45, 2.75) is 19.1 Å². The second-order valence-corrected chi connectivity index (χ2v) is 6.38. The monoisotopic (exact) mass is 398 g/mol. The lowest BCUT2D eigenvalue weighted by molar-refractivity contribution is -0.385. The zero-order valence-electron chi connectivity index (χ0n) is 15.6. The minimum Gasteiger partial charge on any atom is -0.466 e. The molecule has 0 bridgehead atoms. The molecule has 150 valence electrons. The number of nitro benzene ring substituents is 2. The van der Waals surface area contributed by atoms with Crippen molar-refractivity contribution in [2.24, 2.45) is 0 Å². The van der Waals surface area contributed by atoms with Gasteiger partial charge in [-0.3, -0.25) is 25.5 Å². The molecule has 0 fully saturated rings. The van der Waals surface area contributed by atoms with Crippen LogP contribution in [0.2, 0.25) is 0 Å². The largest absolute Gasteiger partial charge is 0.466 e. The molecule has 1 aliphatic heterocycles. The molecule has 0 radical (unpaired) electrons. The van der Waals surface area contributed by atoms with E-state index >= 15 is 0 Å². The van der Waals surface area contributed by atoms with Gasteiger partial charge in [-0.15, -0.1) is 0 Å². The van der Waals surface area contributed by atoms with E-state index in [0.717, 1.165) is 0 Å². The van der Waals surface area contributed by atoms with Crippen molar-refractivity contribution in [3.63, 3.8) is 0 Å². The van der Waals surface area contributed by atoms with Gasteiger partial charge in [0.25, 0.3) is 11.4 Å². The van der Waals surface area contributed by atoms with E-state index in [4.69, 9.17) is 4.74 Å². The van der Waals surface area contributed by atoms with Crippen LogP contribution in [0.5, 0.6) is 0 Å². The van der Waals surface area contributed by atoms with Crippen LogP contribution in [-0.4, -0.2) is 22.9 Å². The summed E-state index contributed by atoms with van der Waals surface area (Å²) in [7, 11) is 1.23. The van der Waals surface area contributed by atoms with E-state index in [-0.39, 0.29) is 22.5 Å². The Labute approximate surface area is 165 Å². The summed E-state index contributed by atoms with van der Waals surface area (Å²) in [5.74, 6) is -0.636. The first kappa shape index (κ1) is 20.0. The lowest BCUT2D eigenvalue weighted by Gasteiger charge is -2.35. The molecule has 3 rings (SSSR count). The molecule has 2 N–H and O–H groups in total. The van der Waals surface area contributed by atoms with Crippen LogP contribution in [0, 0.1) is 20.2 Å². The zero-order valence-corrected chi connectivity index (χ0v) is 15.6. The van der Waals surface area contributed by atoms with Crippen LogP contribution in [0.1, 0.15) is 30.3 Å². The number of hydrogen-bond donors (Lipinski definition) is 2. The molecule has 1 aliphatic rings. The second-order valence-electron chi connectivity index (χ2n) is 6.38. The number of carbonyl (C=O) groups is 1. The Morgan fingerprint density at radius 2 is 1.79 bits per heavy atom. The molecule has 10 heteroatoms. The van der Waals surface area contributed by atoms with Crippen LogP contribution in [0.4, 0.5) is 11.4 Å². The SMILES string of the molecule is COC(=O)C1=C(C)N[C@H](c2cccc([N+](=O)[O-])c2)N[C@H]1c1ccccc1[N+](=O)[O-]. The first-order chi connectivity index (χ1) is 13.8. The van der Waals surface area contributed by atoms with Crippen molar-refractivity contribution in [1.82, 2.24) is 10.6 Å². The third-order valence-corrected chi connectivity index (χ3v) is 4.65. The van der Waals surface area contributed by atoms with Crippen LogP contribution in [-0.2, 0) is 9.53 Å². The zero-order chi connectivity index (χ0) is 21.1. The summed E-state index contributed by atoms with van der Waals surface area (Å²) in [6.45, 7) is 1.65. The highest BCUT2D eigenvalue weighted by molar-refractivity contribution is 5.91. The predicted octanol–water partition coefficient (Wildman–Crippen LogP) is 2.88. The Kier molecular flexibility index (Phi) is 5.55. The summed E-state index contributed by atoms with van der Waals surface area (Å²) in [4.78, 5) is 34.0. The Bertz CT molecular complexity index is 1020. The highest BCUT2D eigenvalue weighted by Gasteiger charge is 2.36. The second kappa shape index (κ2) is 8.07. The van der Waals surface area contributed by atoms with Gasteiger partial charge < -0.3 is 10.1 Å². The van der Waals surface area contributed by atoms with Gasteiger partial charge in [-0.25, -0.2) is 4.79 Å². The van der Waals surface area contributed by atoms with Crippen molar-refractivity contribution in [1.29, 1.82) is 0 Å². The summed E-state index contributed by atoms with van der Waals surface area (Å²) in [6.07, 6.45) is -0.617. The smallest absolute Gasteiger partial charge is 0.337 e. The molecule has 0 amide bonds. The highest BCUT2D eigenvalue weighted by atomic mass is 16.6. The third kappa shape index (κ3) is 3.92. The van der Waals surface area contributed by atoms with Gasteiger partial charge in [0.15, 0.2) is 0 Å². The molecule has 0 aromatic heterocycles. The number of benzene rings is 2. The fourth-order valence-corrected chi connectivity index (χ4v) is 3.32. The number of methoxy groups -OCH3 is 1. The summed E-state index contributed by atoms with van der Waals surface area (Å²) in [5, 5.41) is 28.9. The normalized spacial score (nSPS) is 18.7. The number of ether oxygens (including phenoxy) is 1. The molecule has 0 spiro atoms. The van der Waals surface area contributed by atoms with Gasteiger partial charge in [0.2, 0.25) is 0 Å². The van der Waals surface area contributed by atoms with Crippen molar-refractivity contribution >= 4 is 17.3 Å². The molecule has 0 unspecified atom stereocenters. The van der Waals surface area contributed by atoms with E-state index in [1.807, 2.05) is 0 Å². The van der Waals surface area contributed by atoms with Gasteiger partial charge in [0.1, 0.15) is 6.17 Å². The molecule has 1 heterocycles. The highest BCUT2D eigenvalue weighted by Crippen LogP contribution is 2.36. The number of nitro groups is 2.